The van der Waals surface area contributed by atoms with Crippen molar-refractivity contribution >= 4 is 22.8 Å². The summed E-state index contributed by atoms with van der Waals surface area (Å²) in [6.45, 7) is 1.51. The summed E-state index contributed by atoms with van der Waals surface area (Å²) in [4.78, 5) is 22.8. The van der Waals surface area contributed by atoms with Crippen molar-refractivity contribution in [3.05, 3.63) is 53.2 Å². The van der Waals surface area contributed by atoms with E-state index in [9.17, 15) is 14.7 Å². The van der Waals surface area contributed by atoms with Gasteiger partial charge in [-0.15, -0.1) is 0 Å². The van der Waals surface area contributed by atoms with Gasteiger partial charge >= 0.3 is 11.9 Å². The first kappa shape index (κ1) is 13.8. The highest BCUT2D eigenvalue weighted by atomic mass is 16.4. The Bertz CT molecular complexity index is 912. The standard InChI is InChI=1S/C16H12N2O4/c1-8-11(15(19)20)4-5-12(14(8)16(21)22)9-2-3-10-7-17-18-13(10)6-9/h2-7H,1H3,(H,17,18)(H,19,20)(H,21,22). The van der Waals surface area contributed by atoms with Crippen LogP contribution >= 0.6 is 0 Å². The summed E-state index contributed by atoms with van der Waals surface area (Å²) in [5.74, 6) is -2.30. The number of aromatic nitrogens is 2. The lowest BCUT2D eigenvalue weighted by molar-refractivity contribution is 0.0696. The molecule has 3 aromatic rings. The molecule has 0 saturated carbocycles. The van der Waals surface area contributed by atoms with Gasteiger partial charge in [0.2, 0.25) is 0 Å². The predicted molar refractivity (Wildman–Crippen MR) is 80.2 cm³/mol. The number of hydrogen-bond donors (Lipinski definition) is 3. The number of aromatic carboxylic acids is 2. The van der Waals surface area contributed by atoms with Crippen LogP contribution < -0.4 is 0 Å². The molecule has 2 aromatic carbocycles. The average molecular weight is 296 g/mol. The van der Waals surface area contributed by atoms with Crippen LogP contribution in [0.15, 0.2) is 36.5 Å². The Hall–Kier alpha value is -3.15. The molecule has 6 nitrogen and oxygen atoms in total. The molecule has 110 valence electrons. The Kier molecular flexibility index (Phi) is 3.14. The molecular weight excluding hydrogens is 284 g/mol. The number of nitrogens with one attached hydrogen (secondary N) is 1. The molecule has 0 atom stereocenters. The van der Waals surface area contributed by atoms with Crippen LogP contribution in [0.5, 0.6) is 0 Å². The van der Waals surface area contributed by atoms with Crippen LogP contribution in [0.25, 0.3) is 22.0 Å². The average Bonchev–Trinajstić information content (AvgIpc) is 2.93. The highest BCUT2D eigenvalue weighted by Gasteiger charge is 2.20. The second kappa shape index (κ2) is 5.00. The number of carboxylic acids is 2. The van der Waals surface area contributed by atoms with E-state index in [0.29, 0.717) is 11.1 Å². The van der Waals surface area contributed by atoms with Gasteiger partial charge in [0.25, 0.3) is 0 Å². The van der Waals surface area contributed by atoms with Crippen molar-refractivity contribution in [2.24, 2.45) is 0 Å². The molecule has 0 spiro atoms. The number of carbonyl (C=O) groups is 2. The van der Waals surface area contributed by atoms with Crippen LogP contribution in [0, 0.1) is 6.92 Å². The number of aromatic amines is 1. The lowest BCUT2D eigenvalue weighted by atomic mass is 9.92. The van der Waals surface area contributed by atoms with E-state index < -0.39 is 11.9 Å². The van der Waals surface area contributed by atoms with Crippen LogP contribution in [0.1, 0.15) is 26.3 Å². The summed E-state index contributed by atoms with van der Waals surface area (Å²) in [6, 6.07) is 8.37. The van der Waals surface area contributed by atoms with E-state index in [0.717, 1.165) is 10.9 Å². The van der Waals surface area contributed by atoms with Crippen molar-refractivity contribution in [3.63, 3.8) is 0 Å². The van der Waals surface area contributed by atoms with Gasteiger partial charge in [-0.1, -0.05) is 18.2 Å². The first-order chi connectivity index (χ1) is 10.5. The molecule has 0 aliphatic carbocycles. The molecule has 0 fully saturated rings. The van der Waals surface area contributed by atoms with Crippen LogP contribution in [0.4, 0.5) is 0 Å². The third kappa shape index (κ3) is 2.10. The molecule has 0 aliphatic rings. The lowest BCUT2D eigenvalue weighted by Gasteiger charge is -2.12. The van der Waals surface area contributed by atoms with E-state index in [1.165, 1.54) is 19.1 Å². The normalized spacial score (nSPS) is 10.8. The topological polar surface area (TPSA) is 103 Å². The first-order valence-corrected chi connectivity index (χ1v) is 6.52. The Morgan fingerprint density at radius 2 is 1.86 bits per heavy atom. The van der Waals surface area contributed by atoms with Gasteiger partial charge < -0.3 is 10.2 Å². The molecule has 22 heavy (non-hydrogen) atoms. The smallest absolute Gasteiger partial charge is 0.336 e. The fourth-order valence-electron chi connectivity index (χ4n) is 2.56. The molecule has 0 saturated heterocycles. The molecule has 0 aliphatic heterocycles. The van der Waals surface area contributed by atoms with Crippen molar-refractivity contribution in [1.82, 2.24) is 10.2 Å². The number of carboxylic acid groups (broad SMARTS) is 2. The summed E-state index contributed by atoms with van der Waals surface area (Å²) in [6.07, 6.45) is 1.68. The molecule has 1 aromatic heterocycles. The van der Waals surface area contributed by atoms with Gasteiger partial charge in [0.1, 0.15) is 0 Å². The Balaban J connectivity index is 2.27. The number of fused-ring (bicyclic) bond motifs is 1. The largest absolute Gasteiger partial charge is 0.478 e. The van der Waals surface area contributed by atoms with Gasteiger partial charge in [0.05, 0.1) is 22.8 Å². The SMILES string of the molecule is Cc1c(C(=O)O)ccc(-c2ccc3cn[nH]c3c2)c1C(=O)O. The van der Waals surface area contributed by atoms with Gasteiger partial charge in [-0.25, -0.2) is 9.59 Å². The third-order valence-electron chi connectivity index (χ3n) is 3.66. The quantitative estimate of drug-likeness (QED) is 0.689. The zero-order chi connectivity index (χ0) is 15.9. The van der Waals surface area contributed by atoms with Gasteiger partial charge in [-0.3, -0.25) is 5.10 Å². The highest BCUT2D eigenvalue weighted by Crippen LogP contribution is 2.30. The molecular formula is C16H12N2O4. The second-order valence-corrected chi connectivity index (χ2v) is 4.94. The summed E-state index contributed by atoms with van der Waals surface area (Å²) in [7, 11) is 0. The molecule has 3 rings (SSSR count). The minimum atomic E-state index is -1.15. The van der Waals surface area contributed by atoms with Crippen LogP contribution in [0.2, 0.25) is 0 Å². The second-order valence-electron chi connectivity index (χ2n) is 4.94. The zero-order valence-corrected chi connectivity index (χ0v) is 11.6. The molecule has 0 unspecified atom stereocenters. The lowest BCUT2D eigenvalue weighted by Crippen LogP contribution is -2.09. The Morgan fingerprint density at radius 3 is 2.55 bits per heavy atom. The predicted octanol–water partition coefficient (Wildman–Crippen LogP) is 2.93. The van der Waals surface area contributed by atoms with Crippen LogP contribution in [0.3, 0.4) is 0 Å². The van der Waals surface area contributed by atoms with Gasteiger partial charge in [0.15, 0.2) is 0 Å². The zero-order valence-electron chi connectivity index (χ0n) is 11.6. The van der Waals surface area contributed by atoms with E-state index in [1.807, 2.05) is 6.07 Å². The Labute approximate surface area is 125 Å². The summed E-state index contributed by atoms with van der Waals surface area (Å²) >= 11 is 0. The van der Waals surface area contributed by atoms with E-state index in [4.69, 9.17) is 5.11 Å². The molecule has 0 bridgehead atoms. The fraction of sp³-hybridized carbons (Fsp3) is 0.0625. The van der Waals surface area contributed by atoms with Crippen LogP contribution in [-0.4, -0.2) is 32.3 Å². The number of rotatable bonds is 3. The number of benzene rings is 2. The third-order valence-corrected chi connectivity index (χ3v) is 3.66. The monoisotopic (exact) mass is 296 g/mol. The number of hydrogen-bond acceptors (Lipinski definition) is 3. The Morgan fingerprint density at radius 1 is 1.09 bits per heavy atom. The van der Waals surface area contributed by atoms with Crippen molar-refractivity contribution in [2.75, 3.05) is 0 Å². The van der Waals surface area contributed by atoms with Crippen LogP contribution in [-0.2, 0) is 0 Å². The van der Waals surface area contributed by atoms with Crippen molar-refractivity contribution in [1.29, 1.82) is 0 Å². The maximum Gasteiger partial charge on any atom is 0.336 e. The molecule has 1 heterocycles. The summed E-state index contributed by atoms with van der Waals surface area (Å²) in [5, 5.41) is 26.3. The van der Waals surface area contributed by atoms with Gasteiger partial charge in [-0.05, 0) is 35.7 Å². The molecule has 0 radical (unpaired) electrons. The maximum absolute atomic E-state index is 11.6. The summed E-state index contributed by atoms with van der Waals surface area (Å²) < 4.78 is 0. The number of nitrogens with zero attached hydrogens (tertiary/aromatic N) is 1. The van der Waals surface area contributed by atoms with Crippen molar-refractivity contribution < 1.29 is 19.8 Å². The summed E-state index contributed by atoms with van der Waals surface area (Å²) in [5.41, 5.74) is 2.18. The van der Waals surface area contributed by atoms with E-state index in [-0.39, 0.29) is 16.7 Å². The van der Waals surface area contributed by atoms with Crippen molar-refractivity contribution in [2.45, 2.75) is 6.92 Å². The van der Waals surface area contributed by atoms with E-state index in [1.54, 1.807) is 18.3 Å². The van der Waals surface area contributed by atoms with Gasteiger partial charge in [-0.2, -0.15) is 5.10 Å². The molecule has 3 N–H and O–H groups in total. The molecule has 6 heteroatoms. The van der Waals surface area contributed by atoms with Gasteiger partial charge in [0, 0.05) is 5.39 Å². The molecule has 0 amide bonds. The first-order valence-electron chi connectivity index (χ1n) is 6.52. The minimum absolute atomic E-state index is 0.00114. The minimum Gasteiger partial charge on any atom is -0.478 e. The maximum atomic E-state index is 11.6. The fourth-order valence-corrected chi connectivity index (χ4v) is 2.56. The number of H-pyrrole nitrogens is 1. The van der Waals surface area contributed by atoms with E-state index in [2.05, 4.69) is 10.2 Å². The van der Waals surface area contributed by atoms with E-state index >= 15 is 0 Å². The van der Waals surface area contributed by atoms with Crippen molar-refractivity contribution in [3.8, 4) is 11.1 Å². The highest BCUT2D eigenvalue weighted by molar-refractivity contribution is 6.02.